The summed E-state index contributed by atoms with van der Waals surface area (Å²) in [7, 11) is 0. The standard InChI is InChI=1S/C17H13ClF2N2OS/c1-10-9-24-17(21-10)22(15-4-2-12(18)3-5-15)16(23)11-6-13(19)8-14(20)7-11/h2-8,10H,9H2,1H3/t10-/m0/s1. The van der Waals surface area contributed by atoms with Gasteiger partial charge in [0.15, 0.2) is 5.17 Å². The molecule has 0 saturated heterocycles. The van der Waals surface area contributed by atoms with Gasteiger partial charge in [0.05, 0.1) is 11.7 Å². The second-order valence-electron chi connectivity index (χ2n) is 5.35. The predicted octanol–water partition coefficient (Wildman–Crippen LogP) is 4.76. The first-order valence-electron chi connectivity index (χ1n) is 7.21. The number of hydrogen-bond donors (Lipinski definition) is 0. The van der Waals surface area contributed by atoms with Gasteiger partial charge in [-0.2, -0.15) is 0 Å². The molecule has 1 atom stereocenters. The molecule has 2 aromatic rings. The third-order valence-electron chi connectivity index (χ3n) is 3.37. The highest BCUT2D eigenvalue weighted by Crippen LogP contribution is 2.28. The average Bonchev–Trinajstić information content (AvgIpc) is 2.94. The highest BCUT2D eigenvalue weighted by atomic mass is 35.5. The Kier molecular flexibility index (Phi) is 4.87. The van der Waals surface area contributed by atoms with Crippen LogP contribution in [0.3, 0.4) is 0 Å². The molecule has 1 aliphatic heterocycles. The number of amidine groups is 1. The number of rotatable bonds is 2. The fourth-order valence-electron chi connectivity index (χ4n) is 2.29. The molecule has 0 aromatic heterocycles. The van der Waals surface area contributed by atoms with Crippen LogP contribution in [-0.2, 0) is 0 Å². The molecule has 124 valence electrons. The topological polar surface area (TPSA) is 32.7 Å². The van der Waals surface area contributed by atoms with Gasteiger partial charge in [0.1, 0.15) is 11.6 Å². The van der Waals surface area contributed by atoms with Crippen LogP contribution >= 0.6 is 23.4 Å². The third-order valence-corrected chi connectivity index (χ3v) is 4.82. The maximum absolute atomic E-state index is 13.5. The molecular formula is C17H13ClF2N2OS. The van der Waals surface area contributed by atoms with Crippen LogP contribution in [0.25, 0.3) is 0 Å². The Morgan fingerprint density at radius 2 is 1.83 bits per heavy atom. The molecule has 0 radical (unpaired) electrons. The maximum atomic E-state index is 13.5. The SMILES string of the molecule is C[C@H]1CSC(N(C(=O)c2cc(F)cc(F)c2)c2ccc(Cl)cc2)=N1. The summed E-state index contributed by atoms with van der Waals surface area (Å²) in [5.74, 6) is -1.41. The van der Waals surface area contributed by atoms with Crippen molar-refractivity contribution in [3.8, 4) is 0 Å². The number of carbonyl (C=O) groups excluding carboxylic acids is 1. The van der Waals surface area contributed by atoms with Gasteiger partial charge in [-0.25, -0.2) is 8.78 Å². The normalized spacial score (nSPS) is 16.8. The molecule has 0 aliphatic carbocycles. The molecule has 0 spiro atoms. The minimum atomic E-state index is -0.802. The minimum absolute atomic E-state index is 0.0665. The Morgan fingerprint density at radius 1 is 1.21 bits per heavy atom. The molecule has 0 fully saturated rings. The van der Waals surface area contributed by atoms with Crippen molar-refractivity contribution < 1.29 is 13.6 Å². The van der Waals surface area contributed by atoms with Gasteiger partial charge in [-0.15, -0.1) is 0 Å². The van der Waals surface area contributed by atoms with Gasteiger partial charge in [-0.05, 0) is 43.3 Å². The van der Waals surface area contributed by atoms with Crippen LogP contribution in [0.1, 0.15) is 17.3 Å². The van der Waals surface area contributed by atoms with Crippen LogP contribution in [-0.4, -0.2) is 22.9 Å². The molecule has 3 nitrogen and oxygen atoms in total. The van der Waals surface area contributed by atoms with Gasteiger partial charge in [0.25, 0.3) is 5.91 Å². The summed E-state index contributed by atoms with van der Waals surface area (Å²) in [6.07, 6.45) is 0. The lowest BCUT2D eigenvalue weighted by atomic mass is 10.1. The quantitative estimate of drug-likeness (QED) is 0.767. The number of nitrogens with zero attached hydrogens (tertiary/aromatic N) is 2. The highest BCUT2D eigenvalue weighted by molar-refractivity contribution is 8.14. The van der Waals surface area contributed by atoms with Gasteiger partial charge >= 0.3 is 0 Å². The van der Waals surface area contributed by atoms with Crippen molar-refractivity contribution in [3.63, 3.8) is 0 Å². The fourth-order valence-corrected chi connectivity index (χ4v) is 3.45. The van der Waals surface area contributed by atoms with Crippen molar-refractivity contribution in [2.24, 2.45) is 4.99 Å². The number of aliphatic imine (C=N–C) groups is 1. The van der Waals surface area contributed by atoms with Gasteiger partial charge in [0, 0.05) is 22.4 Å². The summed E-state index contributed by atoms with van der Waals surface area (Å²) < 4.78 is 27.0. The van der Waals surface area contributed by atoms with E-state index < -0.39 is 17.5 Å². The smallest absolute Gasteiger partial charge is 0.264 e. The fraction of sp³-hybridized carbons (Fsp3) is 0.176. The van der Waals surface area contributed by atoms with Crippen molar-refractivity contribution in [3.05, 3.63) is 64.7 Å². The Labute approximate surface area is 147 Å². The van der Waals surface area contributed by atoms with Crippen molar-refractivity contribution in [2.45, 2.75) is 13.0 Å². The van der Waals surface area contributed by atoms with E-state index in [4.69, 9.17) is 11.6 Å². The Morgan fingerprint density at radius 3 is 2.38 bits per heavy atom. The van der Waals surface area contributed by atoms with E-state index in [1.165, 1.54) is 16.7 Å². The number of amides is 1. The van der Waals surface area contributed by atoms with Crippen LogP contribution in [0.4, 0.5) is 14.5 Å². The molecular weight excluding hydrogens is 354 g/mol. The van der Waals surface area contributed by atoms with Crippen LogP contribution in [0.2, 0.25) is 5.02 Å². The maximum Gasteiger partial charge on any atom is 0.264 e. The highest BCUT2D eigenvalue weighted by Gasteiger charge is 2.28. The van der Waals surface area contributed by atoms with Crippen molar-refractivity contribution in [1.82, 2.24) is 0 Å². The molecule has 2 aromatic carbocycles. The van der Waals surface area contributed by atoms with Crippen LogP contribution in [0.5, 0.6) is 0 Å². The summed E-state index contributed by atoms with van der Waals surface area (Å²) in [6.45, 7) is 1.94. The molecule has 0 unspecified atom stereocenters. The summed E-state index contributed by atoms with van der Waals surface area (Å²) in [4.78, 5) is 18.7. The molecule has 0 N–H and O–H groups in total. The van der Waals surface area contributed by atoms with Crippen molar-refractivity contribution in [2.75, 3.05) is 10.7 Å². The summed E-state index contributed by atoms with van der Waals surface area (Å²) in [5.41, 5.74) is 0.458. The largest absolute Gasteiger partial charge is 0.268 e. The summed E-state index contributed by atoms with van der Waals surface area (Å²) >= 11 is 7.32. The van der Waals surface area contributed by atoms with E-state index in [0.717, 1.165) is 24.0 Å². The van der Waals surface area contributed by atoms with E-state index in [1.807, 2.05) is 6.92 Å². The van der Waals surface area contributed by atoms with Crippen molar-refractivity contribution in [1.29, 1.82) is 0 Å². The zero-order chi connectivity index (χ0) is 17.3. The lowest BCUT2D eigenvalue weighted by Gasteiger charge is -2.22. The zero-order valence-electron chi connectivity index (χ0n) is 12.7. The number of hydrogen-bond acceptors (Lipinski definition) is 3. The first kappa shape index (κ1) is 16.9. The molecule has 3 rings (SSSR count). The number of benzene rings is 2. The molecule has 7 heteroatoms. The zero-order valence-corrected chi connectivity index (χ0v) is 14.2. The number of anilines is 1. The first-order valence-corrected chi connectivity index (χ1v) is 8.57. The first-order chi connectivity index (χ1) is 11.4. The Hall–Kier alpha value is -1.92. The Bertz CT molecular complexity index is 790. The summed E-state index contributed by atoms with van der Waals surface area (Å²) in [5, 5.41) is 1.02. The number of halogens is 3. The van der Waals surface area contributed by atoms with E-state index in [-0.39, 0.29) is 11.6 Å². The lowest BCUT2D eigenvalue weighted by molar-refractivity contribution is 0.100. The van der Waals surface area contributed by atoms with Gasteiger partial charge in [-0.3, -0.25) is 14.7 Å². The predicted molar refractivity (Wildman–Crippen MR) is 94.0 cm³/mol. The summed E-state index contributed by atoms with van der Waals surface area (Å²) in [6, 6.07) is 9.45. The van der Waals surface area contributed by atoms with Gasteiger partial charge in [-0.1, -0.05) is 23.4 Å². The number of carbonyl (C=O) groups is 1. The number of thioether (sulfide) groups is 1. The molecule has 1 heterocycles. The minimum Gasteiger partial charge on any atom is -0.268 e. The monoisotopic (exact) mass is 366 g/mol. The van der Waals surface area contributed by atoms with E-state index in [1.54, 1.807) is 24.3 Å². The van der Waals surface area contributed by atoms with Crippen molar-refractivity contribution >= 4 is 40.1 Å². The molecule has 0 saturated carbocycles. The van der Waals surface area contributed by atoms with Gasteiger partial charge in [0.2, 0.25) is 0 Å². The van der Waals surface area contributed by atoms with Gasteiger partial charge < -0.3 is 0 Å². The van der Waals surface area contributed by atoms with Crippen LogP contribution < -0.4 is 4.90 Å². The van der Waals surface area contributed by atoms with E-state index >= 15 is 0 Å². The molecule has 24 heavy (non-hydrogen) atoms. The van der Waals surface area contributed by atoms with E-state index in [2.05, 4.69) is 4.99 Å². The Balaban J connectivity index is 2.05. The van der Waals surface area contributed by atoms with Crippen LogP contribution in [0.15, 0.2) is 47.5 Å². The second-order valence-corrected chi connectivity index (χ2v) is 6.77. The van der Waals surface area contributed by atoms with Crippen LogP contribution in [0, 0.1) is 11.6 Å². The van der Waals surface area contributed by atoms with E-state index in [0.29, 0.717) is 15.9 Å². The molecule has 1 amide bonds. The third kappa shape index (κ3) is 3.60. The lowest BCUT2D eigenvalue weighted by Crippen LogP contribution is -2.34. The van der Waals surface area contributed by atoms with E-state index in [9.17, 15) is 13.6 Å². The molecule has 0 bridgehead atoms. The molecule has 1 aliphatic rings. The second kappa shape index (κ2) is 6.91. The average molecular weight is 367 g/mol.